The van der Waals surface area contributed by atoms with Gasteiger partial charge in [-0.05, 0) is 13.3 Å². The lowest BCUT2D eigenvalue weighted by atomic mass is 9.98. The first kappa shape index (κ1) is 12.9. The molecule has 0 saturated heterocycles. The monoisotopic (exact) mass is 190 g/mol. The Morgan fingerprint density at radius 1 is 1.23 bits per heavy atom. The van der Waals surface area contributed by atoms with E-state index in [1.165, 1.54) is 0 Å². The van der Waals surface area contributed by atoms with E-state index in [4.69, 9.17) is 9.47 Å². The van der Waals surface area contributed by atoms with E-state index in [0.717, 1.165) is 19.3 Å². The molecule has 0 spiro atoms. The van der Waals surface area contributed by atoms with Crippen molar-refractivity contribution in [2.45, 2.75) is 51.4 Å². The molecule has 13 heavy (non-hydrogen) atoms. The van der Waals surface area contributed by atoms with Crippen molar-refractivity contribution >= 4 is 0 Å². The maximum absolute atomic E-state index is 9.95. The van der Waals surface area contributed by atoms with Crippen molar-refractivity contribution in [3.8, 4) is 0 Å². The van der Waals surface area contributed by atoms with E-state index in [2.05, 4.69) is 6.92 Å². The summed E-state index contributed by atoms with van der Waals surface area (Å²) in [5.41, 5.74) is -0.876. The molecule has 3 heteroatoms. The molecule has 0 aliphatic rings. The molecular formula is C10H22O3. The second-order valence-corrected chi connectivity index (χ2v) is 3.62. The number of ether oxygens (including phenoxy) is 2. The summed E-state index contributed by atoms with van der Waals surface area (Å²) in [5, 5.41) is 9.95. The Bertz CT molecular complexity index is 119. The molecule has 0 bridgehead atoms. The maximum atomic E-state index is 9.95. The lowest BCUT2D eigenvalue weighted by Gasteiger charge is -2.30. The molecule has 0 saturated carbocycles. The van der Waals surface area contributed by atoms with Crippen LogP contribution >= 0.6 is 0 Å². The number of unbranched alkanes of at least 4 members (excludes halogenated alkanes) is 2. The first-order valence-electron chi connectivity index (χ1n) is 4.86. The number of hydrogen-bond donors (Lipinski definition) is 1. The van der Waals surface area contributed by atoms with Crippen LogP contribution in [0.1, 0.15) is 39.5 Å². The number of methoxy groups -OCH3 is 2. The largest absolute Gasteiger partial charge is 0.385 e. The summed E-state index contributed by atoms with van der Waals surface area (Å²) < 4.78 is 10.0. The molecule has 0 aliphatic heterocycles. The molecule has 1 N–H and O–H groups in total. The van der Waals surface area contributed by atoms with E-state index in [1.54, 1.807) is 21.1 Å². The second kappa shape index (κ2) is 6.35. The van der Waals surface area contributed by atoms with Gasteiger partial charge in [0.1, 0.15) is 5.60 Å². The van der Waals surface area contributed by atoms with E-state index >= 15 is 0 Å². The zero-order valence-electron chi connectivity index (χ0n) is 9.17. The third-order valence-corrected chi connectivity index (χ3v) is 2.22. The van der Waals surface area contributed by atoms with Crippen molar-refractivity contribution in [1.82, 2.24) is 0 Å². The summed E-state index contributed by atoms with van der Waals surface area (Å²) in [6, 6.07) is 0. The van der Waals surface area contributed by atoms with Crippen molar-refractivity contribution in [2.75, 3.05) is 14.2 Å². The lowest BCUT2D eigenvalue weighted by Crippen LogP contribution is -2.41. The van der Waals surface area contributed by atoms with Crippen molar-refractivity contribution < 1.29 is 14.6 Å². The molecule has 0 aromatic heterocycles. The van der Waals surface area contributed by atoms with Gasteiger partial charge in [0.2, 0.25) is 0 Å². The van der Waals surface area contributed by atoms with Gasteiger partial charge in [0.25, 0.3) is 0 Å². The zero-order chi connectivity index (χ0) is 10.3. The Balaban J connectivity index is 3.88. The minimum atomic E-state index is -0.876. The molecule has 0 rings (SSSR count). The van der Waals surface area contributed by atoms with Crippen LogP contribution < -0.4 is 0 Å². The van der Waals surface area contributed by atoms with Crippen molar-refractivity contribution in [3.63, 3.8) is 0 Å². The topological polar surface area (TPSA) is 38.7 Å². The molecular weight excluding hydrogens is 168 g/mol. The SMILES string of the molecule is CCCCCC(C)(O)C(OC)OC. The highest BCUT2D eigenvalue weighted by molar-refractivity contribution is 4.76. The summed E-state index contributed by atoms with van der Waals surface area (Å²) in [4.78, 5) is 0. The maximum Gasteiger partial charge on any atom is 0.185 e. The fourth-order valence-corrected chi connectivity index (χ4v) is 1.45. The Labute approximate surface area is 81.0 Å². The zero-order valence-corrected chi connectivity index (χ0v) is 9.17. The fraction of sp³-hybridized carbons (Fsp3) is 1.00. The predicted octanol–water partition coefficient (Wildman–Crippen LogP) is 1.94. The fourth-order valence-electron chi connectivity index (χ4n) is 1.45. The Morgan fingerprint density at radius 2 is 1.77 bits per heavy atom. The van der Waals surface area contributed by atoms with E-state index in [0.29, 0.717) is 6.42 Å². The van der Waals surface area contributed by atoms with Crippen LogP contribution in [-0.2, 0) is 9.47 Å². The van der Waals surface area contributed by atoms with E-state index in [9.17, 15) is 5.11 Å². The normalized spacial score (nSPS) is 16.2. The molecule has 0 amide bonds. The van der Waals surface area contributed by atoms with Crippen LogP contribution in [-0.4, -0.2) is 31.2 Å². The van der Waals surface area contributed by atoms with Crippen LogP contribution in [0, 0.1) is 0 Å². The third-order valence-electron chi connectivity index (χ3n) is 2.22. The first-order valence-corrected chi connectivity index (χ1v) is 4.86. The van der Waals surface area contributed by atoms with Gasteiger partial charge in [-0.2, -0.15) is 0 Å². The summed E-state index contributed by atoms with van der Waals surface area (Å²) in [6.45, 7) is 3.89. The average molecular weight is 190 g/mol. The smallest absolute Gasteiger partial charge is 0.185 e. The standard InChI is InChI=1S/C10H22O3/c1-5-6-7-8-10(2,11)9(12-3)13-4/h9,11H,5-8H2,1-4H3. The third kappa shape index (κ3) is 4.60. The molecule has 3 nitrogen and oxygen atoms in total. The molecule has 0 aromatic rings. The summed E-state index contributed by atoms with van der Waals surface area (Å²) in [6.07, 6.45) is 3.49. The average Bonchev–Trinajstić information content (AvgIpc) is 2.06. The summed E-state index contributed by atoms with van der Waals surface area (Å²) >= 11 is 0. The molecule has 0 heterocycles. The molecule has 80 valence electrons. The Morgan fingerprint density at radius 3 is 2.15 bits per heavy atom. The number of aliphatic hydroxyl groups is 1. The highest BCUT2D eigenvalue weighted by Gasteiger charge is 2.31. The number of hydrogen-bond acceptors (Lipinski definition) is 3. The number of rotatable bonds is 7. The van der Waals surface area contributed by atoms with Gasteiger partial charge in [-0.1, -0.05) is 26.2 Å². The van der Waals surface area contributed by atoms with Gasteiger partial charge in [-0.15, -0.1) is 0 Å². The molecule has 0 fully saturated rings. The van der Waals surface area contributed by atoms with E-state index in [-0.39, 0.29) is 0 Å². The summed E-state index contributed by atoms with van der Waals surface area (Å²) in [7, 11) is 3.09. The highest BCUT2D eigenvalue weighted by Crippen LogP contribution is 2.21. The van der Waals surface area contributed by atoms with Crippen LogP contribution in [0.15, 0.2) is 0 Å². The first-order chi connectivity index (χ1) is 6.08. The lowest BCUT2D eigenvalue weighted by molar-refractivity contribution is -0.210. The van der Waals surface area contributed by atoms with Gasteiger partial charge in [0.05, 0.1) is 0 Å². The van der Waals surface area contributed by atoms with Crippen LogP contribution in [0.3, 0.4) is 0 Å². The molecule has 1 unspecified atom stereocenters. The predicted molar refractivity (Wildman–Crippen MR) is 52.6 cm³/mol. The van der Waals surface area contributed by atoms with Gasteiger partial charge in [-0.25, -0.2) is 0 Å². The highest BCUT2D eigenvalue weighted by atomic mass is 16.7. The van der Waals surface area contributed by atoms with Crippen molar-refractivity contribution in [1.29, 1.82) is 0 Å². The van der Waals surface area contributed by atoms with Crippen LogP contribution in [0.4, 0.5) is 0 Å². The van der Waals surface area contributed by atoms with Gasteiger partial charge in [0.15, 0.2) is 6.29 Å². The molecule has 1 atom stereocenters. The van der Waals surface area contributed by atoms with Gasteiger partial charge in [0, 0.05) is 14.2 Å². The van der Waals surface area contributed by atoms with Gasteiger partial charge < -0.3 is 14.6 Å². The quantitative estimate of drug-likeness (QED) is 0.492. The van der Waals surface area contributed by atoms with E-state index in [1.807, 2.05) is 0 Å². The second-order valence-electron chi connectivity index (χ2n) is 3.62. The van der Waals surface area contributed by atoms with Crippen LogP contribution in [0.25, 0.3) is 0 Å². The van der Waals surface area contributed by atoms with Gasteiger partial charge >= 0.3 is 0 Å². The Hall–Kier alpha value is -0.120. The molecule has 0 aliphatic carbocycles. The van der Waals surface area contributed by atoms with Crippen molar-refractivity contribution in [2.24, 2.45) is 0 Å². The van der Waals surface area contributed by atoms with Crippen molar-refractivity contribution in [3.05, 3.63) is 0 Å². The van der Waals surface area contributed by atoms with E-state index < -0.39 is 11.9 Å². The Kier molecular flexibility index (Phi) is 6.29. The summed E-state index contributed by atoms with van der Waals surface area (Å²) in [5.74, 6) is 0. The minimum Gasteiger partial charge on any atom is -0.385 e. The minimum absolute atomic E-state index is 0.524. The molecule has 0 aromatic carbocycles. The van der Waals surface area contributed by atoms with Crippen LogP contribution in [0.2, 0.25) is 0 Å². The molecule has 0 radical (unpaired) electrons. The van der Waals surface area contributed by atoms with Gasteiger partial charge in [-0.3, -0.25) is 0 Å². The van der Waals surface area contributed by atoms with Crippen LogP contribution in [0.5, 0.6) is 0 Å².